The first-order chi connectivity index (χ1) is 5.49. The van der Waals surface area contributed by atoms with Crippen molar-refractivity contribution >= 4 is 5.96 Å². The van der Waals surface area contributed by atoms with Crippen LogP contribution in [0.1, 0.15) is 27.2 Å². The number of hydrogen-bond donors (Lipinski definition) is 2. The molecule has 0 amide bonds. The number of nitrogens with zero attached hydrogens (tertiary/aromatic N) is 2. The molecule has 72 valence electrons. The molecule has 0 aromatic carbocycles. The predicted octanol–water partition coefficient (Wildman–Crippen LogP) is 0.556. The molecule has 0 radical (unpaired) electrons. The Balaban J connectivity index is 4.46. The summed E-state index contributed by atoms with van der Waals surface area (Å²) in [6.07, 6.45) is 1.05. The van der Waals surface area contributed by atoms with E-state index in [2.05, 4.69) is 31.2 Å². The van der Waals surface area contributed by atoms with Crippen LogP contribution >= 0.6 is 0 Å². The zero-order chi connectivity index (χ0) is 9.78. The molecule has 0 heterocycles. The predicted molar refractivity (Wildman–Crippen MR) is 52.8 cm³/mol. The largest absolute Gasteiger partial charge is 0.340 e. The number of hydrazine groups is 1. The van der Waals surface area contributed by atoms with Crippen LogP contribution in [0.4, 0.5) is 0 Å². The van der Waals surface area contributed by atoms with Gasteiger partial charge in [-0.15, -0.1) is 0 Å². The first-order valence-corrected chi connectivity index (χ1v) is 4.16. The van der Waals surface area contributed by atoms with Crippen LogP contribution in [-0.4, -0.2) is 30.5 Å². The third-order valence-corrected chi connectivity index (χ3v) is 2.43. The van der Waals surface area contributed by atoms with Crippen LogP contribution in [0.2, 0.25) is 0 Å². The fourth-order valence-electron chi connectivity index (χ4n) is 0.835. The van der Waals surface area contributed by atoms with Crippen molar-refractivity contribution in [2.24, 2.45) is 10.8 Å². The fourth-order valence-corrected chi connectivity index (χ4v) is 0.835. The van der Waals surface area contributed by atoms with Crippen LogP contribution in [0.25, 0.3) is 0 Å². The van der Waals surface area contributed by atoms with Crippen molar-refractivity contribution in [1.29, 1.82) is 0 Å². The van der Waals surface area contributed by atoms with Gasteiger partial charge < -0.3 is 4.90 Å². The lowest BCUT2D eigenvalue weighted by molar-refractivity contribution is 0.239. The minimum absolute atomic E-state index is 0.0845. The summed E-state index contributed by atoms with van der Waals surface area (Å²) in [7, 11) is 3.70. The third-order valence-electron chi connectivity index (χ3n) is 2.43. The normalized spacial score (nSPS) is 13.0. The van der Waals surface area contributed by atoms with Crippen LogP contribution < -0.4 is 11.3 Å². The summed E-state index contributed by atoms with van der Waals surface area (Å²) in [5.41, 5.74) is 2.65. The highest BCUT2D eigenvalue weighted by Gasteiger charge is 2.23. The molecule has 0 spiro atoms. The second-order valence-electron chi connectivity index (χ2n) is 3.42. The van der Waals surface area contributed by atoms with Crippen molar-refractivity contribution < 1.29 is 0 Å². The van der Waals surface area contributed by atoms with Gasteiger partial charge >= 0.3 is 0 Å². The topological polar surface area (TPSA) is 53.6 Å². The lowest BCUT2D eigenvalue weighted by Gasteiger charge is -2.36. The van der Waals surface area contributed by atoms with E-state index in [0.717, 1.165) is 6.42 Å². The molecular formula is C8H20N4. The molecule has 0 saturated carbocycles. The average molecular weight is 172 g/mol. The zero-order valence-corrected chi connectivity index (χ0v) is 8.68. The quantitative estimate of drug-likeness (QED) is 0.277. The van der Waals surface area contributed by atoms with Crippen molar-refractivity contribution in [3.05, 3.63) is 0 Å². The van der Waals surface area contributed by atoms with Crippen LogP contribution in [-0.2, 0) is 0 Å². The molecule has 0 unspecified atom stereocenters. The maximum absolute atomic E-state index is 5.31. The first kappa shape index (κ1) is 11.2. The molecule has 4 nitrogen and oxygen atoms in total. The Labute approximate surface area is 74.8 Å². The summed E-state index contributed by atoms with van der Waals surface area (Å²) in [5.74, 6) is 6.02. The van der Waals surface area contributed by atoms with E-state index in [-0.39, 0.29) is 5.54 Å². The molecule has 0 saturated heterocycles. The van der Waals surface area contributed by atoms with Gasteiger partial charge in [0, 0.05) is 19.6 Å². The molecule has 0 aliphatic carbocycles. The van der Waals surface area contributed by atoms with Crippen LogP contribution in [0.3, 0.4) is 0 Å². The maximum Gasteiger partial charge on any atom is 0.208 e. The molecule has 0 bridgehead atoms. The van der Waals surface area contributed by atoms with Gasteiger partial charge in [-0.2, -0.15) is 0 Å². The van der Waals surface area contributed by atoms with E-state index in [1.165, 1.54) is 0 Å². The highest BCUT2D eigenvalue weighted by molar-refractivity contribution is 5.79. The minimum Gasteiger partial charge on any atom is -0.340 e. The highest BCUT2D eigenvalue weighted by Crippen LogP contribution is 2.15. The van der Waals surface area contributed by atoms with E-state index in [9.17, 15) is 0 Å². The van der Waals surface area contributed by atoms with Gasteiger partial charge in [-0.3, -0.25) is 10.4 Å². The highest BCUT2D eigenvalue weighted by atomic mass is 15.4. The van der Waals surface area contributed by atoms with Gasteiger partial charge in [-0.25, -0.2) is 5.84 Å². The van der Waals surface area contributed by atoms with E-state index < -0.39 is 0 Å². The van der Waals surface area contributed by atoms with Gasteiger partial charge in [-0.05, 0) is 20.3 Å². The maximum atomic E-state index is 5.31. The molecule has 0 rings (SSSR count). The Morgan fingerprint density at radius 2 is 2.08 bits per heavy atom. The van der Waals surface area contributed by atoms with Crippen molar-refractivity contribution in [2.45, 2.75) is 32.7 Å². The van der Waals surface area contributed by atoms with Crippen LogP contribution in [0.5, 0.6) is 0 Å². The van der Waals surface area contributed by atoms with Crippen LogP contribution in [0.15, 0.2) is 4.99 Å². The van der Waals surface area contributed by atoms with E-state index >= 15 is 0 Å². The SMILES string of the molecule is CCC(C)(C)N(C)C(=NC)NN. The molecule has 12 heavy (non-hydrogen) atoms. The minimum atomic E-state index is 0.0845. The third kappa shape index (κ3) is 2.37. The molecule has 0 aromatic heterocycles. The Kier molecular flexibility index (Phi) is 4.03. The molecule has 4 heteroatoms. The molecule has 0 aliphatic rings. The van der Waals surface area contributed by atoms with Gasteiger partial charge in [0.2, 0.25) is 5.96 Å². The Morgan fingerprint density at radius 1 is 1.58 bits per heavy atom. The van der Waals surface area contributed by atoms with Gasteiger partial charge in [0.15, 0.2) is 0 Å². The summed E-state index contributed by atoms with van der Waals surface area (Å²) in [4.78, 5) is 6.06. The number of nitrogens with two attached hydrogens (primary N) is 1. The lowest BCUT2D eigenvalue weighted by Crippen LogP contribution is -2.52. The molecule has 0 atom stereocenters. The van der Waals surface area contributed by atoms with E-state index in [0.29, 0.717) is 5.96 Å². The zero-order valence-electron chi connectivity index (χ0n) is 8.68. The fraction of sp³-hybridized carbons (Fsp3) is 0.875. The smallest absolute Gasteiger partial charge is 0.208 e. The molecule has 0 aliphatic heterocycles. The summed E-state index contributed by atoms with van der Waals surface area (Å²) < 4.78 is 0. The average Bonchev–Trinajstić information content (AvgIpc) is 2.06. The molecule has 0 aromatic rings. The summed E-state index contributed by atoms with van der Waals surface area (Å²) >= 11 is 0. The number of nitrogens with one attached hydrogen (secondary N) is 1. The second kappa shape index (κ2) is 4.30. The van der Waals surface area contributed by atoms with Crippen LogP contribution in [0, 0.1) is 0 Å². The van der Waals surface area contributed by atoms with E-state index in [1.54, 1.807) is 7.05 Å². The van der Waals surface area contributed by atoms with Crippen molar-refractivity contribution in [1.82, 2.24) is 10.3 Å². The summed E-state index contributed by atoms with van der Waals surface area (Å²) in [5, 5.41) is 0. The van der Waals surface area contributed by atoms with Crippen molar-refractivity contribution in [3.8, 4) is 0 Å². The number of hydrogen-bond acceptors (Lipinski definition) is 2. The van der Waals surface area contributed by atoms with E-state index in [4.69, 9.17) is 5.84 Å². The number of aliphatic imine (C=N–C) groups is 1. The van der Waals surface area contributed by atoms with Gasteiger partial charge in [-0.1, -0.05) is 6.92 Å². The monoisotopic (exact) mass is 172 g/mol. The summed E-state index contributed by atoms with van der Waals surface area (Å²) in [6.45, 7) is 6.44. The molecule has 3 N–H and O–H groups in total. The van der Waals surface area contributed by atoms with Crippen molar-refractivity contribution in [3.63, 3.8) is 0 Å². The van der Waals surface area contributed by atoms with E-state index in [1.807, 2.05) is 11.9 Å². The molecule has 0 fully saturated rings. The second-order valence-corrected chi connectivity index (χ2v) is 3.42. The van der Waals surface area contributed by atoms with Crippen molar-refractivity contribution in [2.75, 3.05) is 14.1 Å². The Morgan fingerprint density at radius 3 is 2.33 bits per heavy atom. The van der Waals surface area contributed by atoms with Gasteiger partial charge in [0.05, 0.1) is 0 Å². The Hall–Kier alpha value is -0.770. The Bertz CT molecular complexity index is 162. The first-order valence-electron chi connectivity index (χ1n) is 4.16. The van der Waals surface area contributed by atoms with Gasteiger partial charge in [0.1, 0.15) is 0 Å². The summed E-state index contributed by atoms with van der Waals surface area (Å²) in [6, 6.07) is 0. The number of rotatable bonds is 2. The van der Waals surface area contributed by atoms with Gasteiger partial charge in [0.25, 0.3) is 0 Å². The number of guanidine groups is 1. The standard InChI is InChI=1S/C8H20N4/c1-6-8(2,3)12(5)7(10-4)11-9/h6,9H2,1-5H3,(H,10,11). The lowest BCUT2D eigenvalue weighted by atomic mass is 10.0. The molecular weight excluding hydrogens is 152 g/mol.